The van der Waals surface area contributed by atoms with Crippen molar-refractivity contribution in [1.82, 2.24) is 5.32 Å². The van der Waals surface area contributed by atoms with Crippen LogP contribution in [0.2, 0.25) is 0 Å². The van der Waals surface area contributed by atoms with Crippen LogP contribution in [-0.4, -0.2) is 17.0 Å². The van der Waals surface area contributed by atoms with Crippen LogP contribution in [0.5, 0.6) is 0 Å². The molecular formula is C12H15F2NS. The highest BCUT2D eigenvalue weighted by molar-refractivity contribution is 8.00. The number of nitrogens with one attached hydrogen (secondary N) is 1. The standard InChI is InChI=1S/C12H15F2NS/c1-8-4-11(7-16-8)15-6-9-2-3-10(13)5-12(9)14/h2-3,5,8,11,15H,4,6-7H2,1H3. The van der Waals surface area contributed by atoms with Crippen molar-refractivity contribution in [3.8, 4) is 0 Å². The van der Waals surface area contributed by atoms with Gasteiger partial charge in [-0.15, -0.1) is 0 Å². The molecule has 1 N–H and O–H groups in total. The molecule has 2 atom stereocenters. The van der Waals surface area contributed by atoms with Gasteiger partial charge in [0.1, 0.15) is 11.6 Å². The second kappa shape index (κ2) is 5.15. The Hall–Kier alpha value is -0.610. The van der Waals surface area contributed by atoms with Crippen LogP contribution in [0.1, 0.15) is 18.9 Å². The van der Waals surface area contributed by atoms with Crippen molar-refractivity contribution < 1.29 is 8.78 Å². The largest absolute Gasteiger partial charge is 0.309 e. The fourth-order valence-electron chi connectivity index (χ4n) is 1.88. The van der Waals surface area contributed by atoms with Crippen molar-refractivity contribution in [3.05, 3.63) is 35.4 Å². The summed E-state index contributed by atoms with van der Waals surface area (Å²) in [7, 11) is 0. The van der Waals surface area contributed by atoms with E-state index in [0.29, 0.717) is 23.4 Å². The molecule has 0 radical (unpaired) electrons. The Bertz CT molecular complexity index is 370. The summed E-state index contributed by atoms with van der Waals surface area (Å²) in [5.41, 5.74) is 0.533. The highest BCUT2D eigenvalue weighted by Crippen LogP contribution is 2.26. The van der Waals surface area contributed by atoms with Crippen LogP contribution in [0.25, 0.3) is 0 Å². The van der Waals surface area contributed by atoms with Crippen LogP contribution >= 0.6 is 11.8 Å². The summed E-state index contributed by atoms with van der Waals surface area (Å²) in [6.45, 7) is 2.68. The summed E-state index contributed by atoms with van der Waals surface area (Å²) >= 11 is 1.93. The molecule has 1 saturated heterocycles. The predicted molar refractivity (Wildman–Crippen MR) is 63.5 cm³/mol. The van der Waals surface area contributed by atoms with E-state index in [9.17, 15) is 8.78 Å². The first kappa shape index (κ1) is 11.9. The van der Waals surface area contributed by atoms with Gasteiger partial charge in [0.05, 0.1) is 0 Å². The fraction of sp³-hybridized carbons (Fsp3) is 0.500. The molecule has 0 bridgehead atoms. The third kappa shape index (κ3) is 2.95. The maximum atomic E-state index is 13.3. The molecule has 0 aliphatic carbocycles. The molecule has 1 fully saturated rings. The van der Waals surface area contributed by atoms with Gasteiger partial charge in [0, 0.05) is 35.2 Å². The van der Waals surface area contributed by atoms with Crippen molar-refractivity contribution in [1.29, 1.82) is 0 Å². The normalized spacial score (nSPS) is 24.9. The second-order valence-electron chi connectivity index (χ2n) is 4.19. The zero-order chi connectivity index (χ0) is 11.5. The van der Waals surface area contributed by atoms with Crippen LogP contribution in [0, 0.1) is 11.6 Å². The summed E-state index contributed by atoms with van der Waals surface area (Å²) < 4.78 is 26.0. The lowest BCUT2D eigenvalue weighted by Gasteiger charge is -2.11. The quantitative estimate of drug-likeness (QED) is 0.876. The van der Waals surface area contributed by atoms with Crippen LogP contribution < -0.4 is 5.32 Å². The molecule has 1 aliphatic rings. The lowest BCUT2D eigenvalue weighted by Crippen LogP contribution is -2.28. The SMILES string of the molecule is CC1CC(NCc2ccc(F)cc2F)CS1. The van der Waals surface area contributed by atoms with Crippen molar-refractivity contribution in [2.45, 2.75) is 31.2 Å². The minimum absolute atomic E-state index is 0.449. The van der Waals surface area contributed by atoms with E-state index in [2.05, 4.69) is 12.2 Å². The highest BCUT2D eigenvalue weighted by Gasteiger charge is 2.21. The lowest BCUT2D eigenvalue weighted by atomic mass is 10.1. The third-order valence-corrected chi connectivity index (χ3v) is 4.15. The Labute approximate surface area is 98.6 Å². The predicted octanol–water partition coefficient (Wildman–Crippen LogP) is 2.95. The molecule has 1 aromatic carbocycles. The molecule has 0 aromatic heterocycles. The van der Waals surface area contributed by atoms with E-state index >= 15 is 0 Å². The van der Waals surface area contributed by atoms with E-state index in [-0.39, 0.29) is 0 Å². The number of hydrogen-bond acceptors (Lipinski definition) is 2. The molecule has 2 unspecified atom stereocenters. The fourth-order valence-corrected chi connectivity index (χ4v) is 3.06. The van der Waals surface area contributed by atoms with E-state index in [1.165, 1.54) is 12.1 Å². The maximum Gasteiger partial charge on any atom is 0.130 e. The zero-order valence-corrected chi connectivity index (χ0v) is 9.99. The summed E-state index contributed by atoms with van der Waals surface area (Å²) in [4.78, 5) is 0. The number of hydrogen-bond donors (Lipinski definition) is 1. The van der Waals surface area contributed by atoms with Gasteiger partial charge in [0.2, 0.25) is 0 Å². The monoisotopic (exact) mass is 243 g/mol. The minimum atomic E-state index is -0.522. The molecule has 1 aromatic rings. The molecule has 4 heteroatoms. The first-order chi connectivity index (χ1) is 7.65. The average molecular weight is 243 g/mol. The van der Waals surface area contributed by atoms with Gasteiger partial charge < -0.3 is 5.32 Å². The molecule has 1 nitrogen and oxygen atoms in total. The van der Waals surface area contributed by atoms with Crippen LogP contribution in [-0.2, 0) is 6.54 Å². The number of benzene rings is 1. The molecular weight excluding hydrogens is 228 g/mol. The highest BCUT2D eigenvalue weighted by atomic mass is 32.2. The van der Waals surface area contributed by atoms with Gasteiger partial charge >= 0.3 is 0 Å². The Morgan fingerprint density at radius 3 is 2.88 bits per heavy atom. The summed E-state index contributed by atoms with van der Waals surface area (Å²) in [6.07, 6.45) is 1.12. The van der Waals surface area contributed by atoms with E-state index in [0.717, 1.165) is 18.2 Å². The molecule has 1 heterocycles. The van der Waals surface area contributed by atoms with Crippen molar-refractivity contribution >= 4 is 11.8 Å². The molecule has 0 saturated carbocycles. The van der Waals surface area contributed by atoms with Gasteiger partial charge in [-0.25, -0.2) is 8.78 Å². The molecule has 0 amide bonds. The topological polar surface area (TPSA) is 12.0 Å². The van der Waals surface area contributed by atoms with Gasteiger partial charge in [0.15, 0.2) is 0 Å². The number of rotatable bonds is 3. The summed E-state index contributed by atoms with van der Waals surface area (Å²) in [6, 6.07) is 4.18. The van der Waals surface area contributed by atoms with Gasteiger partial charge in [-0.1, -0.05) is 13.0 Å². The molecule has 16 heavy (non-hydrogen) atoms. The maximum absolute atomic E-state index is 13.3. The first-order valence-corrected chi connectivity index (χ1v) is 6.49. The van der Waals surface area contributed by atoms with Crippen molar-refractivity contribution in [2.24, 2.45) is 0 Å². The Morgan fingerprint density at radius 2 is 2.25 bits per heavy atom. The molecule has 0 spiro atoms. The first-order valence-electron chi connectivity index (χ1n) is 5.44. The van der Waals surface area contributed by atoms with Crippen LogP contribution in [0.3, 0.4) is 0 Å². The second-order valence-corrected chi connectivity index (χ2v) is 5.66. The van der Waals surface area contributed by atoms with E-state index in [1.54, 1.807) is 0 Å². The zero-order valence-electron chi connectivity index (χ0n) is 9.17. The Kier molecular flexibility index (Phi) is 3.82. The average Bonchev–Trinajstić information content (AvgIpc) is 2.63. The van der Waals surface area contributed by atoms with E-state index in [1.807, 2.05) is 11.8 Å². The smallest absolute Gasteiger partial charge is 0.130 e. The third-order valence-electron chi connectivity index (χ3n) is 2.79. The summed E-state index contributed by atoms with van der Waals surface area (Å²) in [5, 5.41) is 3.98. The van der Waals surface area contributed by atoms with Crippen molar-refractivity contribution in [3.63, 3.8) is 0 Å². The summed E-state index contributed by atoms with van der Waals surface area (Å²) in [5.74, 6) is 0.0850. The van der Waals surface area contributed by atoms with Gasteiger partial charge in [-0.05, 0) is 12.5 Å². The van der Waals surface area contributed by atoms with Crippen molar-refractivity contribution in [2.75, 3.05) is 5.75 Å². The van der Waals surface area contributed by atoms with Crippen LogP contribution in [0.15, 0.2) is 18.2 Å². The number of halogens is 2. The van der Waals surface area contributed by atoms with Gasteiger partial charge in [0.25, 0.3) is 0 Å². The molecule has 1 aliphatic heterocycles. The Balaban J connectivity index is 1.89. The molecule has 2 rings (SSSR count). The van der Waals surface area contributed by atoms with Crippen LogP contribution in [0.4, 0.5) is 8.78 Å². The Morgan fingerprint density at radius 1 is 1.44 bits per heavy atom. The minimum Gasteiger partial charge on any atom is -0.309 e. The van der Waals surface area contributed by atoms with E-state index < -0.39 is 11.6 Å². The van der Waals surface area contributed by atoms with E-state index in [4.69, 9.17) is 0 Å². The lowest BCUT2D eigenvalue weighted by molar-refractivity contribution is 0.515. The van der Waals surface area contributed by atoms with Gasteiger partial charge in [-0.3, -0.25) is 0 Å². The number of thioether (sulfide) groups is 1. The van der Waals surface area contributed by atoms with Gasteiger partial charge in [-0.2, -0.15) is 11.8 Å². The molecule has 88 valence electrons.